The first kappa shape index (κ1) is 14.9. The Morgan fingerprint density at radius 3 is 2.83 bits per heavy atom. The molecule has 0 unspecified atom stereocenters. The number of pyridine rings is 1. The lowest BCUT2D eigenvalue weighted by molar-refractivity contribution is -0.144. The third-order valence-electron chi connectivity index (χ3n) is 3.61. The Hall–Kier alpha value is -3.02. The van der Waals surface area contributed by atoms with Crippen LogP contribution in [0.25, 0.3) is 22.2 Å². The van der Waals surface area contributed by atoms with Crippen molar-refractivity contribution in [3.8, 4) is 16.9 Å². The van der Waals surface area contributed by atoms with Crippen LogP contribution in [0.5, 0.6) is 5.75 Å². The van der Waals surface area contributed by atoms with Crippen molar-refractivity contribution >= 4 is 22.8 Å². The van der Waals surface area contributed by atoms with Crippen LogP contribution in [0.15, 0.2) is 42.6 Å². The van der Waals surface area contributed by atoms with E-state index in [1.54, 1.807) is 13.1 Å². The minimum absolute atomic E-state index is 0.526. The Morgan fingerprint density at radius 1 is 1.30 bits per heavy atom. The fraction of sp³-hybridized carbons (Fsp3) is 0.176. The van der Waals surface area contributed by atoms with Crippen molar-refractivity contribution in [3.05, 3.63) is 42.6 Å². The van der Waals surface area contributed by atoms with E-state index in [0.717, 1.165) is 28.0 Å². The number of benzene rings is 1. The van der Waals surface area contributed by atoms with Crippen LogP contribution >= 0.6 is 0 Å². The van der Waals surface area contributed by atoms with E-state index in [9.17, 15) is 4.79 Å². The summed E-state index contributed by atoms with van der Waals surface area (Å²) < 4.78 is 5.61. The first-order valence-electron chi connectivity index (χ1n) is 7.25. The van der Waals surface area contributed by atoms with E-state index >= 15 is 0 Å². The lowest BCUT2D eigenvalue weighted by Crippen LogP contribution is -2.23. The molecule has 2 aromatic heterocycles. The zero-order valence-corrected chi connectivity index (χ0v) is 12.8. The zero-order valence-electron chi connectivity index (χ0n) is 12.8. The van der Waals surface area contributed by atoms with Gasteiger partial charge in [0.1, 0.15) is 17.2 Å². The minimum atomic E-state index is -1.00. The van der Waals surface area contributed by atoms with Crippen LogP contribution in [0.2, 0.25) is 0 Å². The molecule has 23 heavy (non-hydrogen) atoms. The summed E-state index contributed by atoms with van der Waals surface area (Å²) in [5.74, 6) is 0.242. The molecule has 3 rings (SSSR count). The molecule has 0 saturated heterocycles. The lowest BCUT2D eigenvalue weighted by Gasteiger charge is -2.15. The summed E-state index contributed by atoms with van der Waals surface area (Å²) in [4.78, 5) is 18.6. The van der Waals surface area contributed by atoms with Gasteiger partial charge in [-0.3, -0.25) is 0 Å². The molecule has 0 fully saturated rings. The fourth-order valence-electron chi connectivity index (χ4n) is 2.42. The number of H-pyrrole nitrogens is 1. The molecule has 3 N–H and O–H groups in total. The number of hydrogen-bond donors (Lipinski definition) is 3. The number of carbonyl (C=O) groups is 1. The molecule has 0 aliphatic heterocycles. The van der Waals surface area contributed by atoms with Crippen molar-refractivity contribution in [1.29, 1.82) is 0 Å². The van der Waals surface area contributed by atoms with Crippen molar-refractivity contribution in [3.63, 3.8) is 0 Å². The molecule has 3 aromatic rings. The van der Waals surface area contributed by atoms with E-state index in [-0.39, 0.29) is 0 Å². The van der Waals surface area contributed by atoms with E-state index in [4.69, 9.17) is 9.84 Å². The molecular formula is C17H17N3O3. The van der Waals surface area contributed by atoms with E-state index in [1.165, 1.54) is 6.92 Å². The summed E-state index contributed by atoms with van der Waals surface area (Å²) in [5, 5.41) is 13.1. The number of para-hydroxylation sites is 1. The van der Waals surface area contributed by atoms with Gasteiger partial charge in [0.2, 0.25) is 0 Å². The average Bonchev–Trinajstić information content (AvgIpc) is 3.02. The van der Waals surface area contributed by atoms with Gasteiger partial charge in [0.25, 0.3) is 0 Å². The van der Waals surface area contributed by atoms with E-state index in [0.29, 0.717) is 5.75 Å². The molecule has 118 valence electrons. The molecule has 0 radical (unpaired) electrons. The predicted molar refractivity (Wildman–Crippen MR) is 88.8 cm³/mol. The van der Waals surface area contributed by atoms with Gasteiger partial charge in [0, 0.05) is 29.8 Å². The molecule has 2 heterocycles. The molecule has 6 nitrogen and oxygen atoms in total. The Labute approximate surface area is 133 Å². The van der Waals surface area contributed by atoms with Crippen molar-refractivity contribution in [2.45, 2.75) is 13.0 Å². The number of aliphatic carboxylic acids is 1. The van der Waals surface area contributed by atoms with Crippen LogP contribution in [0, 0.1) is 0 Å². The van der Waals surface area contributed by atoms with Crippen molar-refractivity contribution < 1.29 is 14.6 Å². The maximum atomic E-state index is 11.1. The summed E-state index contributed by atoms with van der Waals surface area (Å²) in [6, 6.07) is 11.3. The van der Waals surface area contributed by atoms with Gasteiger partial charge in [-0.05, 0) is 25.1 Å². The number of rotatable bonds is 5. The number of ether oxygens (including phenoxy) is 1. The Balaban J connectivity index is 2.15. The summed E-state index contributed by atoms with van der Waals surface area (Å²) in [5.41, 5.74) is 2.51. The van der Waals surface area contributed by atoms with Crippen LogP contribution in [0.1, 0.15) is 6.92 Å². The molecule has 0 amide bonds. The van der Waals surface area contributed by atoms with Gasteiger partial charge < -0.3 is 20.1 Å². The van der Waals surface area contributed by atoms with Gasteiger partial charge in [0.15, 0.2) is 6.10 Å². The molecule has 0 spiro atoms. The maximum absolute atomic E-state index is 11.1. The Bertz CT molecular complexity index is 857. The minimum Gasteiger partial charge on any atom is -0.479 e. The second kappa shape index (κ2) is 6.00. The third-order valence-corrected chi connectivity index (χ3v) is 3.61. The van der Waals surface area contributed by atoms with Crippen LogP contribution in [0.4, 0.5) is 5.82 Å². The number of nitrogens with zero attached hydrogens (tertiary/aromatic N) is 1. The molecule has 1 aromatic carbocycles. The lowest BCUT2D eigenvalue weighted by atomic mass is 10.0. The highest BCUT2D eigenvalue weighted by Crippen LogP contribution is 2.36. The fourth-order valence-corrected chi connectivity index (χ4v) is 2.42. The van der Waals surface area contributed by atoms with Gasteiger partial charge in [-0.1, -0.05) is 18.2 Å². The number of aromatic nitrogens is 2. The first-order valence-corrected chi connectivity index (χ1v) is 7.25. The second-order valence-corrected chi connectivity index (χ2v) is 5.14. The molecular weight excluding hydrogens is 294 g/mol. The topological polar surface area (TPSA) is 87.2 Å². The number of anilines is 1. The van der Waals surface area contributed by atoms with Gasteiger partial charge >= 0.3 is 5.97 Å². The monoisotopic (exact) mass is 311 g/mol. The van der Waals surface area contributed by atoms with Crippen LogP contribution in [-0.2, 0) is 4.79 Å². The van der Waals surface area contributed by atoms with Crippen molar-refractivity contribution in [2.75, 3.05) is 12.4 Å². The Kier molecular flexibility index (Phi) is 3.89. The number of fused-ring (bicyclic) bond motifs is 1. The third kappa shape index (κ3) is 2.83. The average molecular weight is 311 g/mol. The number of hydrogen-bond acceptors (Lipinski definition) is 4. The maximum Gasteiger partial charge on any atom is 0.344 e. The van der Waals surface area contributed by atoms with Crippen LogP contribution in [0.3, 0.4) is 0 Å². The molecule has 0 saturated carbocycles. The van der Waals surface area contributed by atoms with E-state index < -0.39 is 12.1 Å². The SMILES string of the molecule is CNc1cc(-c2ccccc2O[C@@H](C)C(=O)O)c2cc[nH]c2n1. The Morgan fingerprint density at radius 2 is 2.09 bits per heavy atom. The van der Waals surface area contributed by atoms with E-state index in [2.05, 4.69) is 15.3 Å². The number of carboxylic acid groups (broad SMARTS) is 1. The standard InChI is InChI=1S/C17H17N3O3/c1-10(17(21)22)23-14-6-4-3-5-11(14)13-9-15(18-2)20-16-12(13)7-8-19-16/h3-10H,1-2H3,(H,21,22)(H2,18,19,20)/t10-/m0/s1. The highest BCUT2D eigenvalue weighted by atomic mass is 16.5. The van der Waals surface area contributed by atoms with Gasteiger partial charge in [-0.2, -0.15) is 0 Å². The quantitative estimate of drug-likeness (QED) is 0.674. The summed E-state index contributed by atoms with van der Waals surface area (Å²) in [7, 11) is 1.80. The smallest absolute Gasteiger partial charge is 0.344 e. The van der Waals surface area contributed by atoms with Gasteiger partial charge in [0.05, 0.1) is 0 Å². The molecule has 1 atom stereocenters. The molecule has 0 bridgehead atoms. The summed E-state index contributed by atoms with van der Waals surface area (Å²) in [6.07, 6.45) is 0.896. The van der Waals surface area contributed by atoms with Gasteiger partial charge in [-0.15, -0.1) is 0 Å². The van der Waals surface area contributed by atoms with E-state index in [1.807, 2.05) is 36.5 Å². The van der Waals surface area contributed by atoms with Gasteiger partial charge in [-0.25, -0.2) is 9.78 Å². The summed E-state index contributed by atoms with van der Waals surface area (Å²) in [6.45, 7) is 1.51. The highest BCUT2D eigenvalue weighted by Gasteiger charge is 2.17. The number of aromatic amines is 1. The zero-order chi connectivity index (χ0) is 16.4. The highest BCUT2D eigenvalue weighted by molar-refractivity contribution is 5.96. The van der Waals surface area contributed by atoms with Crippen molar-refractivity contribution in [1.82, 2.24) is 9.97 Å². The first-order chi connectivity index (χ1) is 11.1. The number of carboxylic acids is 1. The van der Waals surface area contributed by atoms with Crippen molar-refractivity contribution in [2.24, 2.45) is 0 Å². The van der Waals surface area contributed by atoms with Crippen LogP contribution in [-0.4, -0.2) is 34.2 Å². The molecule has 0 aliphatic rings. The predicted octanol–water partition coefficient (Wildman–Crippen LogP) is 3.12. The largest absolute Gasteiger partial charge is 0.479 e. The van der Waals surface area contributed by atoms with Crippen LogP contribution < -0.4 is 10.1 Å². The molecule has 0 aliphatic carbocycles. The normalized spacial score (nSPS) is 12.1. The molecule has 6 heteroatoms. The second-order valence-electron chi connectivity index (χ2n) is 5.14. The summed E-state index contributed by atoms with van der Waals surface area (Å²) >= 11 is 0. The number of nitrogens with one attached hydrogen (secondary N) is 2.